The lowest BCUT2D eigenvalue weighted by Gasteiger charge is -1.87. The van der Waals surface area contributed by atoms with Gasteiger partial charge in [-0.05, 0) is 12.1 Å². The Morgan fingerprint density at radius 2 is 2.27 bits per heavy atom. The molecular formula is C9H4N2O2S2. The fourth-order valence-corrected chi connectivity index (χ4v) is 3.06. The summed E-state index contributed by atoms with van der Waals surface area (Å²) in [4.78, 5) is 19.0. The summed E-state index contributed by atoms with van der Waals surface area (Å²) in [5.41, 5.74) is 3.31. The number of carboxylic acid groups (broad SMARTS) is 1. The van der Waals surface area contributed by atoms with Crippen LogP contribution in [-0.4, -0.2) is 21.0 Å². The number of carboxylic acids is 1. The largest absolute Gasteiger partial charge is 0.476 e. The Bertz CT molecular complexity index is 671. The number of hydrogen-bond donors (Lipinski definition) is 1. The van der Waals surface area contributed by atoms with Crippen molar-refractivity contribution in [3.8, 4) is 0 Å². The van der Waals surface area contributed by atoms with Crippen LogP contribution in [0, 0.1) is 0 Å². The van der Waals surface area contributed by atoms with E-state index in [4.69, 9.17) is 5.11 Å². The Kier molecular flexibility index (Phi) is 1.74. The number of fused-ring (bicyclic) bond motifs is 3. The molecule has 0 unspecified atom stereocenters. The highest BCUT2D eigenvalue weighted by Gasteiger charge is 2.13. The third kappa shape index (κ3) is 1.22. The first-order chi connectivity index (χ1) is 7.25. The smallest absolute Gasteiger partial charge is 0.365 e. The highest BCUT2D eigenvalue weighted by Crippen LogP contribution is 2.31. The van der Waals surface area contributed by atoms with Gasteiger partial charge in [0.05, 0.1) is 20.4 Å². The Balaban J connectivity index is 2.46. The van der Waals surface area contributed by atoms with Crippen LogP contribution in [0.25, 0.3) is 20.4 Å². The van der Waals surface area contributed by atoms with E-state index >= 15 is 0 Å². The molecule has 3 rings (SSSR count). The first-order valence-corrected chi connectivity index (χ1v) is 5.81. The van der Waals surface area contributed by atoms with E-state index in [0.717, 1.165) is 14.9 Å². The third-order valence-corrected chi connectivity index (χ3v) is 3.90. The van der Waals surface area contributed by atoms with Crippen LogP contribution in [0.5, 0.6) is 0 Å². The van der Waals surface area contributed by atoms with E-state index in [1.807, 2.05) is 12.1 Å². The van der Waals surface area contributed by atoms with Gasteiger partial charge in [0, 0.05) is 0 Å². The maximum absolute atomic E-state index is 10.8. The minimum atomic E-state index is -0.987. The summed E-state index contributed by atoms with van der Waals surface area (Å²) >= 11 is 2.71. The van der Waals surface area contributed by atoms with E-state index < -0.39 is 5.97 Å². The molecule has 0 bridgehead atoms. The normalized spacial score (nSPS) is 11.2. The molecule has 0 atom stereocenters. The monoisotopic (exact) mass is 236 g/mol. The van der Waals surface area contributed by atoms with Crippen molar-refractivity contribution in [3.63, 3.8) is 0 Å². The molecule has 0 radical (unpaired) electrons. The number of thiazole rings is 2. The highest BCUT2D eigenvalue weighted by molar-refractivity contribution is 7.22. The molecule has 0 saturated heterocycles. The number of rotatable bonds is 1. The van der Waals surface area contributed by atoms with Crippen LogP contribution in [0.15, 0.2) is 17.6 Å². The van der Waals surface area contributed by atoms with Crippen LogP contribution in [0.3, 0.4) is 0 Å². The Hall–Kier alpha value is -1.53. The minimum absolute atomic E-state index is 0.116. The molecular weight excluding hydrogens is 232 g/mol. The maximum Gasteiger partial charge on any atom is 0.365 e. The molecule has 4 nitrogen and oxygen atoms in total. The molecule has 2 aromatic heterocycles. The van der Waals surface area contributed by atoms with Gasteiger partial charge < -0.3 is 5.11 Å². The molecule has 0 aliphatic carbocycles. The summed E-state index contributed by atoms with van der Waals surface area (Å²) in [6.07, 6.45) is 0. The van der Waals surface area contributed by atoms with Gasteiger partial charge in [0.2, 0.25) is 5.01 Å². The van der Waals surface area contributed by atoms with Gasteiger partial charge in [-0.1, -0.05) is 0 Å². The van der Waals surface area contributed by atoms with Gasteiger partial charge in [-0.15, -0.1) is 22.7 Å². The van der Waals surface area contributed by atoms with Crippen LogP contribution < -0.4 is 0 Å². The minimum Gasteiger partial charge on any atom is -0.476 e. The summed E-state index contributed by atoms with van der Waals surface area (Å²) < 4.78 is 1.91. The zero-order valence-corrected chi connectivity index (χ0v) is 8.93. The molecule has 1 N–H and O–H groups in total. The standard InChI is InChI=1S/C9H4N2O2S2/c12-9(13)8-11-4-1-2-5-6(7(4)15-8)10-3-14-5/h1-3H,(H,12,13). The molecule has 74 valence electrons. The molecule has 15 heavy (non-hydrogen) atoms. The average molecular weight is 236 g/mol. The number of carbonyl (C=O) groups is 1. The molecule has 1 aromatic carbocycles. The molecule has 2 heterocycles. The molecule has 3 aromatic rings. The summed E-state index contributed by atoms with van der Waals surface area (Å²) in [5.74, 6) is -0.987. The number of nitrogens with zero attached hydrogens (tertiary/aromatic N) is 2. The summed E-state index contributed by atoms with van der Waals surface area (Å²) in [7, 11) is 0. The van der Waals surface area contributed by atoms with Gasteiger partial charge in [0.15, 0.2) is 0 Å². The second kappa shape index (κ2) is 2.98. The van der Waals surface area contributed by atoms with Crippen LogP contribution in [0.2, 0.25) is 0 Å². The van der Waals surface area contributed by atoms with Gasteiger partial charge in [-0.3, -0.25) is 0 Å². The molecule has 0 aliphatic rings. The predicted molar refractivity (Wildman–Crippen MR) is 59.8 cm³/mol. The molecule has 0 fully saturated rings. The quantitative estimate of drug-likeness (QED) is 0.705. The van der Waals surface area contributed by atoms with Crippen LogP contribution in [-0.2, 0) is 0 Å². The van der Waals surface area contributed by atoms with Gasteiger partial charge in [-0.2, -0.15) is 0 Å². The van der Waals surface area contributed by atoms with Crippen LogP contribution in [0.4, 0.5) is 0 Å². The van der Waals surface area contributed by atoms with E-state index in [1.54, 1.807) is 16.8 Å². The number of aromatic nitrogens is 2. The fraction of sp³-hybridized carbons (Fsp3) is 0. The molecule has 0 amide bonds. The Labute approximate surface area is 91.8 Å². The third-order valence-electron chi connectivity index (χ3n) is 2.04. The van der Waals surface area contributed by atoms with E-state index in [2.05, 4.69) is 9.97 Å². The number of aromatic carboxylic acids is 1. The lowest BCUT2D eigenvalue weighted by atomic mass is 10.3. The van der Waals surface area contributed by atoms with E-state index in [-0.39, 0.29) is 5.01 Å². The maximum atomic E-state index is 10.8. The zero-order valence-electron chi connectivity index (χ0n) is 7.30. The second-order valence-electron chi connectivity index (χ2n) is 2.94. The van der Waals surface area contributed by atoms with E-state index in [1.165, 1.54) is 11.3 Å². The van der Waals surface area contributed by atoms with Crippen molar-refractivity contribution in [3.05, 3.63) is 22.7 Å². The van der Waals surface area contributed by atoms with Crippen molar-refractivity contribution < 1.29 is 9.90 Å². The van der Waals surface area contributed by atoms with Crippen molar-refractivity contribution in [1.82, 2.24) is 9.97 Å². The highest BCUT2D eigenvalue weighted by atomic mass is 32.1. The van der Waals surface area contributed by atoms with Crippen LogP contribution in [0.1, 0.15) is 9.80 Å². The van der Waals surface area contributed by atoms with E-state index in [0.29, 0.717) is 5.52 Å². The van der Waals surface area contributed by atoms with Crippen molar-refractivity contribution in [2.75, 3.05) is 0 Å². The zero-order chi connectivity index (χ0) is 10.4. The molecule has 0 aliphatic heterocycles. The van der Waals surface area contributed by atoms with E-state index in [9.17, 15) is 4.79 Å². The molecule has 0 saturated carbocycles. The Morgan fingerprint density at radius 3 is 3.07 bits per heavy atom. The molecule has 0 spiro atoms. The van der Waals surface area contributed by atoms with Gasteiger partial charge in [-0.25, -0.2) is 14.8 Å². The second-order valence-corrected chi connectivity index (χ2v) is 4.82. The summed E-state index contributed by atoms with van der Waals surface area (Å²) in [5, 5.41) is 8.95. The SMILES string of the molecule is O=C(O)c1nc2ccc3scnc3c2s1. The average Bonchev–Trinajstić information content (AvgIpc) is 2.82. The summed E-state index contributed by atoms with van der Waals surface area (Å²) in [6, 6.07) is 3.75. The van der Waals surface area contributed by atoms with Gasteiger partial charge >= 0.3 is 5.97 Å². The summed E-state index contributed by atoms with van der Waals surface area (Å²) in [6.45, 7) is 0. The van der Waals surface area contributed by atoms with Crippen molar-refractivity contribution >= 4 is 49.1 Å². The lowest BCUT2D eigenvalue weighted by molar-refractivity contribution is 0.0696. The fourth-order valence-electron chi connectivity index (χ4n) is 1.40. The number of benzene rings is 1. The van der Waals surface area contributed by atoms with Gasteiger partial charge in [0.1, 0.15) is 5.52 Å². The molecule has 6 heteroatoms. The predicted octanol–water partition coefficient (Wildman–Crippen LogP) is 2.60. The first-order valence-electron chi connectivity index (χ1n) is 4.12. The van der Waals surface area contributed by atoms with Crippen molar-refractivity contribution in [1.29, 1.82) is 0 Å². The first kappa shape index (κ1) is 8.75. The van der Waals surface area contributed by atoms with Crippen LogP contribution >= 0.6 is 22.7 Å². The topological polar surface area (TPSA) is 63.1 Å². The lowest BCUT2D eigenvalue weighted by Crippen LogP contribution is -1.93. The Morgan fingerprint density at radius 1 is 1.40 bits per heavy atom. The van der Waals surface area contributed by atoms with Crippen molar-refractivity contribution in [2.24, 2.45) is 0 Å². The number of hydrogen-bond acceptors (Lipinski definition) is 5. The van der Waals surface area contributed by atoms with Crippen molar-refractivity contribution in [2.45, 2.75) is 0 Å². The van der Waals surface area contributed by atoms with Gasteiger partial charge in [0.25, 0.3) is 0 Å².